The molecular formula is C21H26ClFN2O2. The first-order valence-corrected chi connectivity index (χ1v) is 10.2. The van der Waals surface area contributed by atoms with Crippen LogP contribution in [-0.4, -0.2) is 35.7 Å². The zero-order chi connectivity index (χ0) is 19.0. The number of pyridine rings is 1. The van der Waals surface area contributed by atoms with Crippen molar-refractivity contribution < 1.29 is 13.9 Å². The molecule has 27 heavy (non-hydrogen) atoms. The molecule has 3 unspecified atom stereocenters. The molecule has 3 atom stereocenters. The average Bonchev–Trinajstić information content (AvgIpc) is 3.27. The molecule has 0 spiro atoms. The van der Waals surface area contributed by atoms with Crippen LogP contribution in [0.4, 0.5) is 4.39 Å². The van der Waals surface area contributed by atoms with Crippen molar-refractivity contribution in [2.75, 3.05) is 19.8 Å². The largest absolute Gasteiger partial charge is 0.381 e. The molecule has 1 N–H and O–H groups in total. The Labute approximate surface area is 164 Å². The summed E-state index contributed by atoms with van der Waals surface area (Å²) in [6.07, 6.45) is 5.85. The summed E-state index contributed by atoms with van der Waals surface area (Å²) in [5, 5.41) is 3.58. The summed E-state index contributed by atoms with van der Waals surface area (Å²) < 4.78 is 21.8. The van der Waals surface area contributed by atoms with Gasteiger partial charge in [0.15, 0.2) is 0 Å². The highest BCUT2D eigenvalue weighted by molar-refractivity contribution is 6.34. The van der Waals surface area contributed by atoms with Gasteiger partial charge >= 0.3 is 0 Å². The smallest absolute Gasteiger partial charge is 0.253 e. The molecule has 1 saturated carbocycles. The highest BCUT2D eigenvalue weighted by Crippen LogP contribution is 2.35. The first kappa shape index (κ1) is 18.8. The number of hydrogen-bond acceptors (Lipinski definition) is 2. The third-order valence-electron chi connectivity index (χ3n) is 5.94. The monoisotopic (exact) mass is 392 g/mol. The number of alkyl halides is 1. The summed E-state index contributed by atoms with van der Waals surface area (Å²) in [4.78, 5) is 12.9. The fourth-order valence-electron chi connectivity index (χ4n) is 4.57. The lowest BCUT2D eigenvalue weighted by atomic mass is 9.80. The van der Waals surface area contributed by atoms with Crippen LogP contribution in [0.15, 0.2) is 24.4 Å². The Morgan fingerprint density at radius 1 is 1.48 bits per heavy atom. The molecule has 3 heterocycles. The molecule has 1 aliphatic heterocycles. The maximum absolute atomic E-state index is 14.3. The van der Waals surface area contributed by atoms with E-state index >= 15 is 0 Å². The number of fused-ring (bicyclic) bond motifs is 1. The van der Waals surface area contributed by atoms with Crippen LogP contribution in [0.2, 0.25) is 5.02 Å². The third-order valence-corrected chi connectivity index (χ3v) is 6.24. The second-order valence-corrected chi connectivity index (χ2v) is 8.61. The quantitative estimate of drug-likeness (QED) is 0.816. The number of hydrogen-bond donors (Lipinski definition) is 1. The molecule has 146 valence electrons. The maximum atomic E-state index is 14.3. The Morgan fingerprint density at radius 2 is 2.33 bits per heavy atom. The maximum Gasteiger partial charge on any atom is 0.253 e. The molecule has 0 aromatic carbocycles. The van der Waals surface area contributed by atoms with Crippen molar-refractivity contribution in [1.29, 1.82) is 0 Å². The van der Waals surface area contributed by atoms with Gasteiger partial charge < -0.3 is 14.5 Å². The zero-order valence-corrected chi connectivity index (χ0v) is 16.4. The van der Waals surface area contributed by atoms with E-state index in [4.69, 9.17) is 16.3 Å². The third kappa shape index (κ3) is 3.85. The van der Waals surface area contributed by atoms with E-state index in [1.807, 2.05) is 22.7 Å². The van der Waals surface area contributed by atoms with E-state index in [2.05, 4.69) is 5.32 Å². The average molecular weight is 393 g/mol. The molecule has 2 aliphatic rings. The van der Waals surface area contributed by atoms with Crippen molar-refractivity contribution in [2.24, 2.45) is 5.92 Å². The van der Waals surface area contributed by atoms with Crippen LogP contribution >= 0.6 is 11.6 Å². The SMILES string of the molecule is CC1(F)CCCC(CNC(=O)c2cc(C3CCOC3)n3cccc(Cl)c23)C1. The number of carbonyl (C=O) groups is 1. The summed E-state index contributed by atoms with van der Waals surface area (Å²) in [7, 11) is 0. The highest BCUT2D eigenvalue weighted by Gasteiger charge is 2.32. The van der Waals surface area contributed by atoms with Gasteiger partial charge in [-0.05, 0) is 63.1 Å². The van der Waals surface area contributed by atoms with Crippen LogP contribution in [0.3, 0.4) is 0 Å². The Hall–Kier alpha value is -1.59. The van der Waals surface area contributed by atoms with Gasteiger partial charge in [0, 0.05) is 31.0 Å². The number of nitrogens with zero attached hydrogens (tertiary/aromatic N) is 1. The lowest BCUT2D eigenvalue weighted by Gasteiger charge is -2.31. The van der Waals surface area contributed by atoms with Crippen LogP contribution in [0.5, 0.6) is 0 Å². The highest BCUT2D eigenvalue weighted by atomic mass is 35.5. The number of amides is 1. The first-order valence-electron chi connectivity index (χ1n) is 9.79. The second-order valence-electron chi connectivity index (χ2n) is 8.20. The molecule has 2 aromatic heterocycles. The number of carbonyl (C=O) groups excluding carboxylic acids is 1. The van der Waals surface area contributed by atoms with Crippen LogP contribution in [-0.2, 0) is 4.74 Å². The Balaban J connectivity index is 1.56. The summed E-state index contributed by atoms with van der Waals surface area (Å²) >= 11 is 6.43. The topological polar surface area (TPSA) is 42.7 Å². The number of halogens is 2. The minimum atomic E-state index is -1.12. The fraction of sp³-hybridized carbons (Fsp3) is 0.571. The molecule has 1 aliphatic carbocycles. The minimum Gasteiger partial charge on any atom is -0.381 e. The normalized spacial score (nSPS) is 28.6. The van der Waals surface area contributed by atoms with E-state index in [1.165, 1.54) is 0 Å². The predicted molar refractivity (Wildman–Crippen MR) is 104 cm³/mol. The zero-order valence-electron chi connectivity index (χ0n) is 15.6. The van der Waals surface area contributed by atoms with Gasteiger partial charge in [-0.25, -0.2) is 4.39 Å². The molecule has 0 bridgehead atoms. The second kappa shape index (κ2) is 7.44. The molecule has 0 radical (unpaired) electrons. The van der Waals surface area contributed by atoms with Crippen LogP contribution in [0.25, 0.3) is 5.52 Å². The van der Waals surface area contributed by atoms with Crippen LogP contribution in [0, 0.1) is 5.92 Å². The van der Waals surface area contributed by atoms with Gasteiger partial charge in [0.2, 0.25) is 0 Å². The standard InChI is InChI=1S/C21H26ClFN2O2/c1-21(23)7-2-4-14(11-21)12-24-20(26)16-10-18(15-6-9-27-13-15)25-8-3-5-17(22)19(16)25/h3,5,8,10,14-15H,2,4,6-7,9,11-13H2,1H3,(H,24,26). The van der Waals surface area contributed by atoms with Crippen molar-refractivity contribution in [1.82, 2.24) is 9.72 Å². The van der Waals surface area contributed by atoms with E-state index < -0.39 is 5.67 Å². The van der Waals surface area contributed by atoms with Crippen molar-refractivity contribution in [3.05, 3.63) is 40.7 Å². The van der Waals surface area contributed by atoms with Crippen molar-refractivity contribution in [2.45, 2.75) is 50.6 Å². The van der Waals surface area contributed by atoms with Crippen molar-refractivity contribution in [3.8, 4) is 0 Å². The lowest BCUT2D eigenvalue weighted by molar-refractivity contribution is 0.0839. The minimum absolute atomic E-state index is 0.142. The molecule has 6 heteroatoms. The summed E-state index contributed by atoms with van der Waals surface area (Å²) in [5.74, 6) is 0.310. The van der Waals surface area contributed by atoms with E-state index in [1.54, 1.807) is 13.0 Å². The van der Waals surface area contributed by atoms with E-state index in [0.29, 0.717) is 36.6 Å². The molecule has 4 rings (SSSR count). The number of rotatable bonds is 4. The van der Waals surface area contributed by atoms with Gasteiger partial charge in [0.25, 0.3) is 5.91 Å². The van der Waals surface area contributed by atoms with E-state index in [-0.39, 0.29) is 17.7 Å². The molecule has 4 nitrogen and oxygen atoms in total. The van der Waals surface area contributed by atoms with Crippen LogP contribution < -0.4 is 5.32 Å². The summed E-state index contributed by atoms with van der Waals surface area (Å²) in [6, 6.07) is 5.63. The Bertz CT molecular complexity index is 842. The number of nitrogens with one attached hydrogen (secondary N) is 1. The summed E-state index contributed by atoms with van der Waals surface area (Å²) in [6.45, 7) is 3.57. The first-order chi connectivity index (χ1) is 12.9. The van der Waals surface area contributed by atoms with Crippen LogP contribution in [0.1, 0.15) is 61.0 Å². The van der Waals surface area contributed by atoms with Crippen molar-refractivity contribution >= 4 is 23.0 Å². The lowest BCUT2D eigenvalue weighted by Crippen LogP contribution is -2.35. The van der Waals surface area contributed by atoms with Crippen molar-refractivity contribution in [3.63, 3.8) is 0 Å². The summed E-state index contributed by atoms with van der Waals surface area (Å²) in [5.41, 5.74) is 1.26. The van der Waals surface area contributed by atoms with Gasteiger partial charge in [-0.2, -0.15) is 0 Å². The number of ether oxygens (including phenoxy) is 1. The molecule has 2 aromatic rings. The Kier molecular flexibility index (Phi) is 5.17. The van der Waals surface area contributed by atoms with Gasteiger partial charge in [-0.1, -0.05) is 11.6 Å². The van der Waals surface area contributed by atoms with Gasteiger partial charge in [-0.3, -0.25) is 4.79 Å². The van der Waals surface area contributed by atoms with Gasteiger partial charge in [0.1, 0.15) is 5.67 Å². The molecular weight excluding hydrogens is 367 g/mol. The molecule has 1 saturated heterocycles. The molecule has 1 amide bonds. The molecule has 2 fully saturated rings. The van der Waals surface area contributed by atoms with E-state index in [9.17, 15) is 9.18 Å². The van der Waals surface area contributed by atoms with Gasteiger partial charge in [-0.15, -0.1) is 0 Å². The predicted octanol–water partition coefficient (Wildman–Crippen LogP) is 4.74. The van der Waals surface area contributed by atoms with E-state index in [0.717, 1.165) is 37.1 Å². The fourth-order valence-corrected chi connectivity index (χ4v) is 4.83. The van der Waals surface area contributed by atoms with Gasteiger partial charge in [0.05, 0.1) is 22.7 Å². The number of aromatic nitrogens is 1. The Morgan fingerprint density at radius 3 is 3.07 bits per heavy atom.